The van der Waals surface area contributed by atoms with Gasteiger partial charge in [0.1, 0.15) is 12.4 Å². The van der Waals surface area contributed by atoms with Crippen LogP contribution >= 0.6 is 0 Å². The molecular formula is C15H28O3. The topological polar surface area (TPSA) is 43.4 Å². The summed E-state index contributed by atoms with van der Waals surface area (Å²) in [5, 5.41) is 0. The number of esters is 1. The maximum absolute atomic E-state index is 11.4. The van der Waals surface area contributed by atoms with Crippen LogP contribution in [0.1, 0.15) is 72.1 Å². The molecule has 0 fully saturated rings. The quantitative estimate of drug-likeness (QED) is 0.416. The third kappa shape index (κ3) is 10.3. The zero-order chi connectivity index (χ0) is 13.8. The Hall–Kier alpha value is -0.860. The molecule has 0 aliphatic heterocycles. The van der Waals surface area contributed by atoms with E-state index in [4.69, 9.17) is 4.74 Å². The molecule has 0 heterocycles. The molecule has 0 aromatic carbocycles. The largest absolute Gasteiger partial charge is 0.465 e. The van der Waals surface area contributed by atoms with Crippen LogP contribution in [0.5, 0.6) is 0 Å². The first-order valence-corrected chi connectivity index (χ1v) is 7.24. The standard InChI is InChI=1S/C15H28O3/c1-4-5-6-7-8-9-10-11-15(17)18-12-13(2)14(3)16/h13H,4-12H2,1-3H3. The highest BCUT2D eigenvalue weighted by molar-refractivity contribution is 5.78. The molecule has 18 heavy (non-hydrogen) atoms. The average molecular weight is 256 g/mol. The van der Waals surface area contributed by atoms with E-state index in [2.05, 4.69) is 6.92 Å². The van der Waals surface area contributed by atoms with Gasteiger partial charge in [0.2, 0.25) is 0 Å². The summed E-state index contributed by atoms with van der Waals surface area (Å²) in [5.74, 6) is -0.279. The van der Waals surface area contributed by atoms with Gasteiger partial charge in [-0.15, -0.1) is 0 Å². The van der Waals surface area contributed by atoms with Crippen molar-refractivity contribution in [1.82, 2.24) is 0 Å². The third-order valence-corrected chi connectivity index (χ3v) is 3.17. The first kappa shape index (κ1) is 17.1. The van der Waals surface area contributed by atoms with Crippen molar-refractivity contribution < 1.29 is 14.3 Å². The number of ketones is 1. The van der Waals surface area contributed by atoms with E-state index in [1.165, 1.54) is 39.0 Å². The normalized spacial score (nSPS) is 12.2. The molecule has 3 nitrogen and oxygen atoms in total. The summed E-state index contributed by atoms with van der Waals surface area (Å²) in [6.07, 6.45) is 8.84. The Balaban J connectivity index is 3.35. The van der Waals surface area contributed by atoms with Crippen molar-refractivity contribution in [2.24, 2.45) is 5.92 Å². The first-order chi connectivity index (χ1) is 8.57. The van der Waals surface area contributed by atoms with E-state index in [1.807, 2.05) is 0 Å². The molecule has 1 atom stereocenters. The fourth-order valence-corrected chi connectivity index (χ4v) is 1.63. The molecule has 0 aliphatic rings. The average Bonchev–Trinajstić information content (AvgIpc) is 2.34. The van der Waals surface area contributed by atoms with Gasteiger partial charge in [-0.25, -0.2) is 0 Å². The van der Waals surface area contributed by atoms with E-state index in [0.717, 1.165) is 12.8 Å². The number of hydrogen-bond acceptors (Lipinski definition) is 3. The molecule has 3 heteroatoms. The highest BCUT2D eigenvalue weighted by Crippen LogP contribution is 2.09. The van der Waals surface area contributed by atoms with E-state index >= 15 is 0 Å². The number of ether oxygens (including phenoxy) is 1. The fraction of sp³-hybridized carbons (Fsp3) is 0.867. The number of carbonyl (C=O) groups excluding carboxylic acids is 2. The van der Waals surface area contributed by atoms with Gasteiger partial charge in [-0.1, -0.05) is 52.4 Å². The van der Waals surface area contributed by atoms with Gasteiger partial charge >= 0.3 is 5.97 Å². The lowest BCUT2D eigenvalue weighted by molar-refractivity contribution is -0.145. The molecule has 0 bridgehead atoms. The van der Waals surface area contributed by atoms with E-state index < -0.39 is 0 Å². The molecular weight excluding hydrogens is 228 g/mol. The Bertz CT molecular complexity index is 236. The Morgan fingerprint density at radius 1 is 1.00 bits per heavy atom. The summed E-state index contributed by atoms with van der Waals surface area (Å²) < 4.78 is 5.05. The lowest BCUT2D eigenvalue weighted by Gasteiger charge is -2.08. The Kier molecular flexibility index (Phi) is 10.7. The fourth-order valence-electron chi connectivity index (χ4n) is 1.63. The zero-order valence-corrected chi connectivity index (χ0v) is 12.2. The van der Waals surface area contributed by atoms with E-state index in [1.54, 1.807) is 6.92 Å². The minimum atomic E-state index is -0.178. The molecule has 1 unspecified atom stereocenters. The van der Waals surface area contributed by atoms with Crippen LogP contribution < -0.4 is 0 Å². The van der Waals surface area contributed by atoms with Crippen molar-refractivity contribution in [2.45, 2.75) is 72.1 Å². The van der Waals surface area contributed by atoms with Gasteiger partial charge < -0.3 is 4.74 Å². The van der Waals surface area contributed by atoms with Crippen LogP contribution in [-0.2, 0) is 14.3 Å². The summed E-state index contributed by atoms with van der Waals surface area (Å²) in [4.78, 5) is 22.3. The SMILES string of the molecule is CCCCCCCCCC(=O)OCC(C)C(C)=O. The number of unbranched alkanes of at least 4 members (excludes halogenated alkanes) is 6. The molecule has 0 saturated heterocycles. The number of hydrogen-bond donors (Lipinski definition) is 0. The van der Waals surface area contributed by atoms with Gasteiger partial charge in [-0.2, -0.15) is 0 Å². The third-order valence-electron chi connectivity index (χ3n) is 3.17. The Morgan fingerprint density at radius 3 is 2.11 bits per heavy atom. The van der Waals surface area contributed by atoms with E-state index in [0.29, 0.717) is 6.42 Å². The maximum Gasteiger partial charge on any atom is 0.305 e. The van der Waals surface area contributed by atoms with Crippen molar-refractivity contribution >= 4 is 11.8 Å². The first-order valence-electron chi connectivity index (χ1n) is 7.24. The molecule has 106 valence electrons. The molecule has 0 aliphatic carbocycles. The number of Topliss-reactive ketones (excluding diaryl/α,β-unsaturated/α-hetero) is 1. The Morgan fingerprint density at radius 2 is 1.56 bits per heavy atom. The summed E-state index contributed by atoms with van der Waals surface area (Å²) in [6.45, 7) is 5.74. The van der Waals surface area contributed by atoms with Crippen molar-refractivity contribution in [1.29, 1.82) is 0 Å². The summed E-state index contributed by atoms with van der Waals surface area (Å²) >= 11 is 0. The van der Waals surface area contributed by atoms with Crippen molar-refractivity contribution in [3.8, 4) is 0 Å². The highest BCUT2D eigenvalue weighted by Gasteiger charge is 2.10. The molecule has 0 rings (SSSR count). The number of carbonyl (C=O) groups is 2. The van der Waals surface area contributed by atoms with E-state index in [9.17, 15) is 9.59 Å². The lowest BCUT2D eigenvalue weighted by atomic mass is 10.1. The lowest BCUT2D eigenvalue weighted by Crippen LogP contribution is -2.17. The van der Waals surface area contributed by atoms with E-state index in [-0.39, 0.29) is 24.3 Å². The van der Waals surface area contributed by atoms with Crippen LogP contribution in [0.25, 0.3) is 0 Å². The molecule has 0 aromatic heterocycles. The van der Waals surface area contributed by atoms with Gasteiger partial charge in [0.25, 0.3) is 0 Å². The van der Waals surface area contributed by atoms with Crippen LogP contribution in [0.3, 0.4) is 0 Å². The van der Waals surface area contributed by atoms with Crippen molar-refractivity contribution in [2.75, 3.05) is 6.61 Å². The van der Waals surface area contributed by atoms with Gasteiger partial charge in [0.15, 0.2) is 0 Å². The second-order valence-corrected chi connectivity index (χ2v) is 5.07. The van der Waals surface area contributed by atoms with Crippen molar-refractivity contribution in [3.05, 3.63) is 0 Å². The van der Waals surface area contributed by atoms with Crippen LogP contribution in [-0.4, -0.2) is 18.4 Å². The predicted molar refractivity (Wildman–Crippen MR) is 73.4 cm³/mol. The van der Waals surface area contributed by atoms with Crippen LogP contribution in [0.4, 0.5) is 0 Å². The summed E-state index contributed by atoms with van der Waals surface area (Å²) in [7, 11) is 0. The molecule has 0 saturated carbocycles. The monoisotopic (exact) mass is 256 g/mol. The van der Waals surface area contributed by atoms with Gasteiger partial charge in [-0.3, -0.25) is 9.59 Å². The predicted octanol–water partition coefficient (Wildman–Crippen LogP) is 3.90. The molecule has 0 radical (unpaired) electrons. The molecule has 0 spiro atoms. The smallest absolute Gasteiger partial charge is 0.305 e. The maximum atomic E-state index is 11.4. The Labute approximate surface area is 111 Å². The summed E-state index contributed by atoms with van der Waals surface area (Å²) in [6, 6.07) is 0. The van der Waals surface area contributed by atoms with Crippen LogP contribution in [0, 0.1) is 5.92 Å². The van der Waals surface area contributed by atoms with Crippen molar-refractivity contribution in [3.63, 3.8) is 0 Å². The van der Waals surface area contributed by atoms with Gasteiger partial charge in [0, 0.05) is 12.3 Å². The zero-order valence-electron chi connectivity index (χ0n) is 12.2. The van der Waals surface area contributed by atoms with Crippen LogP contribution in [0.15, 0.2) is 0 Å². The van der Waals surface area contributed by atoms with Gasteiger partial charge in [0.05, 0.1) is 0 Å². The molecule has 0 aromatic rings. The summed E-state index contributed by atoms with van der Waals surface area (Å²) in [5.41, 5.74) is 0. The number of rotatable bonds is 11. The second-order valence-electron chi connectivity index (χ2n) is 5.07. The van der Waals surface area contributed by atoms with Gasteiger partial charge in [-0.05, 0) is 13.3 Å². The minimum Gasteiger partial charge on any atom is -0.465 e. The minimum absolute atomic E-state index is 0.0683. The van der Waals surface area contributed by atoms with Crippen LogP contribution in [0.2, 0.25) is 0 Å². The highest BCUT2D eigenvalue weighted by atomic mass is 16.5. The second kappa shape index (κ2) is 11.2. The molecule has 0 N–H and O–H groups in total. The molecule has 0 amide bonds.